The van der Waals surface area contributed by atoms with E-state index in [1.54, 1.807) is 0 Å². The number of halogens is 1. The maximum Gasteiger partial charge on any atom is 0.0231 e. The van der Waals surface area contributed by atoms with Gasteiger partial charge in [-0.3, -0.25) is 0 Å². The summed E-state index contributed by atoms with van der Waals surface area (Å²) in [7, 11) is 0. The minimum Gasteiger partial charge on any atom is -0.159 e. The van der Waals surface area contributed by atoms with E-state index < -0.39 is 0 Å². The van der Waals surface area contributed by atoms with Crippen molar-refractivity contribution < 1.29 is 0 Å². The molecule has 0 radical (unpaired) electrons. The molecule has 0 aliphatic carbocycles. The van der Waals surface area contributed by atoms with Crippen LogP contribution in [0, 0.1) is 5.92 Å². The molecule has 1 atom stereocenters. The predicted octanol–water partition coefficient (Wildman–Crippen LogP) is 3.39. The van der Waals surface area contributed by atoms with Crippen LogP contribution >= 0.6 is 23.4 Å². The first-order valence-electron chi connectivity index (χ1n) is 3.86. The lowest BCUT2D eigenvalue weighted by Gasteiger charge is -2.13. The summed E-state index contributed by atoms with van der Waals surface area (Å²) >= 11 is 7.58. The van der Waals surface area contributed by atoms with Crippen molar-refractivity contribution in [1.82, 2.24) is 0 Å². The molecule has 0 fully saturated rings. The minimum absolute atomic E-state index is 0.781. The first-order chi connectivity index (χ1) is 4.68. The Balaban J connectivity index is 3.13. The third-order valence-corrected chi connectivity index (χ3v) is 3.46. The van der Waals surface area contributed by atoms with Crippen molar-refractivity contribution in [3.05, 3.63) is 0 Å². The first-order valence-corrected chi connectivity index (χ1v) is 5.44. The molecular formula is C8H17ClS. The average Bonchev–Trinajstić information content (AvgIpc) is 1.88. The summed E-state index contributed by atoms with van der Waals surface area (Å²) in [6.07, 6.45) is 1.14. The third kappa shape index (κ3) is 5.43. The second kappa shape index (κ2) is 6.36. The maximum atomic E-state index is 5.55. The monoisotopic (exact) mass is 180 g/mol. The molecule has 0 spiro atoms. The zero-order valence-corrected chi connectivity index (χ0v) is 8.63. The fourth-order valence-electron chi connectivity index (χ4n) is 0.516. The van der Waals surface area contributed by atoms with E-state index in [0.717, 1.165) is 23.5 Å². The largest absolute Gasteiger partial charge is 0.159 e. The summed E-state index contributed by atoms with van der Waals surface area (Å²) < 4.78 is 0. The second-order valence-corrected chi connectivity index (χ2v) is 4.73. The summed E-state index contributed by atoms with van der Waals surface area (Å²) in [6, 6.07) is 0. The van der Waals surface area contributed by atoms with Crippen molar-refractivity contribution in [2.24, 2.45) is 5.92 Å². The molecule has 2 heteroatoms. The second-order valence-electron chi connectivity index (χ2n) is 2.86. The Kier molecular flexibility index (Phi) is 6.76. The van der Waals surface area contributed by atoms with Crippen LogP contribution in [0.5, 0.6) is 0 Å². The summed E-state index contributed by atoms with van der Waals surface area (Å²) in [5.41, 5.74) is 0. The number of thioether (sulfide) groups is 1. The van der Waals surface area contributed by atoms with Crippen LogP contribution in [0.3, 0.4) is 0 Å². The van der Waals surface area contributed by atoms with Gasteiger partial charge in [0.2, 0.25) is 0 Å². The third-order valence-electron chi connectivity index (χ3n) is 1.60. The van der Waals surface area contributed by atoms with E-state index in [1.807, 2.05) is 11.8 Å². The van der Waals surface area contributed by atoms with Crippen LogP contribution < -0.4 is 0 Å². The lowest BCUT2D eigenvalue weighted by atomic mass is 10.2. The first kappa shape index (κ1) is 10.6. The number of hydrogen-bond acceptors (Lipinski definition) is 1. The van der Waals surface area contributed by atoms with Gasteiger partial charge in [0, 0.05) is 11.1 Å². The van der Waals surface area contributed by atoms with Crippen LogP contribution in [0.25, 0.3) is 0 Å². The summed E-state index contributed by atoms with van der Waals surface area (Å²) in [5, 5.41) is 0.781. The van der Waals surface area contributed by atoms with Gasteiger partial charge in [-0.25, -0.2) is 0 Å². The van der Waals surface area contributed by atoms with Gasteiger partial charge in [-0.1, -0.05) is 20.8 Å². The van der Waals surface area contributed by atoms with Crippen molar-refractivity contribution in [2.75, 3.05) is 11.6 Å². The van der Waals surface area contributed by atoms with Crippen LogP contribution in [0.1, 0.15) is 27.2 Å². The zero-order valence-electron chi connectivity index (χ0n) is 7.06. The quantitative estimate of drug-likeness (QED) is 0.462. The van der Waals surface area contributed by atoms with Gasteiger partial charge in [-0.2, -0.15) is 11.8 Å². The lowest BCUT2D eigenvalue weighted by Crippen LogP contribution is -2.06. The summed E-state index contributed by atoms with van der Waals surface area (Å²) in [4.78, 5) is 0. The highest BCUT2D eigenvalue weighted by Crippen LogP contribution is 2.19. The summed E-state index contributed by atoms with van der Waals surface area (Å²) in [5.74, 6) is 2.81. The molecule has 0 nitrogen and oxygen atoms in total. The normalized spacial score (nSPS) is 14.1. The molecule has 0 aromatic carbocycles. The molecule has 0 heterocycles. The van der Waals surface area contributed by atoms with Crippen molar-refractivity contribution in [1.29, 1.82) is 0 Å². The molecular weight excluding hydrogens is 164 g/mol. The van der Waals surface area contributed by atoms with Gasteiger partial charge < -0.3 is 0 Å². The smallest absolute Gasteiger partial charge is 0.0231 e. The molecule has 0 aromatic heterocycles. The van der Waals surface area contributed by atoms with E-state index in [2.05, 4.69) is 20.8 Å². The zero-order chi connectivity index (χ0) is 7.98. The van der Waals surface area contributed by atoms with E-state index in [9.17, 15) is 0 Å². The Morgan fingerprint density at radius 2 is 1.90 bits per heavy atom. The molecule has 0 aliphatic rings. The lowest BCUT2D eigenvalue weighted by molar-refractivity contribution is 0.642. The molecule has 0 N–H and O–H groups in total. The van der Waals surface area contributed by atoms with Crippen molar-refractivity contribution in [3.63, 3.8) is 0 Å². The fraction of sp³-hybridized carbons (Fsp3) is 1.00. The van der Waals surface area contributed by atoms with E-state index in [4.69, 9.17) is 11.6 Å². The minimum atomic E-state index is 0.781. The number of rotatable bonds is 5. The highest BCUT2D eigenvalue weighted by molar-refractivity contribution is 7.99. The molecule has 0 amide bonds. The van der Waals surface area contributed by atoms with Crippen molar-refractivity contribution >= 4 is 23.4 Å². The Morgan fingerprint density at radius 1 is 1.30 bits per heavy atom. The van der Waals surface area contributed by atoms with Crippen LogP contribution in [-0.4, -0.2) is 16.9 Å². The van der Waals surface area contributed by atoms with Crippen molar-refractivity contribution in [3.8, 4) is 0 Å². The van der Waals surface area contributed by atoms with Crippen LogP contribution in [-0.2, 0) is 0 Å². The maximum absolute atomic E-state index is 5.55. The molecule has 0 aromatic rings. The fourth-order valence-corrected chi connectivity index (χ4v) is 1.88. The van der Waals surface area contributed by atoms with Crippen LogP contribution in [0.4, 0.5) is 0 Å². The van der Waals surface area contributed by atoms with Gasteiger partial charge in [0.15, 0.2) is 0 Å². The highest BCUT2D eigenvalue weighted by Gasteiger charge is 2.05. The molecule has 0 saturated carbocycles. The van der Waals surface area contributed by atoms with Gasteiger partial charge >= 0.3 is 0 Å². The van der Waals surface area contributed by atoms with Gasteiger partial charge in [0.25, 0.3) is 0 Å². The topological polar surface area (TPSA) is 0 Å². The number of alkyl halides is 1. The molecule has 0 bridgehead atoms. The Morgan fingerprint density at radius 3 is 2.30 bits per heavy atom. The van der Waals surface area contributed by atoms with Gasteiger partial charge in [0.05, 0.1) is 0 Å². The van der Waals surface area contributed by atoms with E-state index in [1.165, 1.54) is 5.75 Å². The Labute approximate surface area is 73.7 Å². The molecule has 0 saturated heterocycles. The molecule has 1 unspecified atom stereocenters. The van der Waals surface area contributed by atoms with Gasteiger partial charge in [-0.05, 0) is 18.1 Å². The predicted molar refractivity (Wildman–Crippen MR) is 52.1 cm³/mol. The standard InChI is InChI=1S/C8H17ClS/c1-7(2)8(3)10-6-4-5-9/h7-8H,4-6H2,1-3H3. The Bertz CT molecular complexity index is 73.7. The Hall–Kier alpha value is 0.640. The van der Waals surface area contributed by atoms with E-state index in [-0.39, 0.29) is 0 Å². The summed E-state index contributed by atoms with van der Waals surface area (Å²) in [6.45, 7) is 6.81. The molecule has 62 valence electrons. The van der Waals surface area contributed by atoms with Crippen LogP contribution in [0.15, 0.2) is 0 Å². The van der Waals surface area contributed by atoms with Gasteiger partial charge in [-0.15, -0.1) is 11.6 Å². The molecule has 0 rings (SSSR count). The molecule has 0 aliphatic heterocycles. The number of hydrogen-bond donors (Lipinski definition) is 0. The van der Waals surface area contributed by atoms with Gasteiger partial charge in [0.1, 0.15) is 0 Å². The van der Waals surface area contributed by atoms with Crippen LogP contribution in [0.2, 0.25) is 0 Å². The van der Waals surface area contributed by atoms with E-state index in [0.29, 0.717) is 0 Å². The average molecular weight is 181 g/mol. The highest BCUT2D eigenvalue weighted by atomic mass is 35.5. The van der Waals surface area contributed by atoms with Crippen molar-refractivity contribution in [2.45, 2.75) is 32.4 Å². The molecule has 10 heavy (non-hydrogen) atoms. The van der Waals surface area contributed by atoms with E-state index >= 15 is 0 Å². The SMILES string of the molecule is CC(C)C(C)SCCCCl.